The van der Waals surface area contributed by atoms with Crippen LogP contribution >= 0.6 is 0 Å². The van der Waals surface area contributed by atoms with Crippen molar-refractivity contribution in [3.63, 3.8) is 0 Å². The van der Waals surface area contributed by atoms with Crippen molar-refractivity contribution < 1.29 is 18.5 Å². The zero-order valence-corrected chi connectivity index (χ0v) is 9.99. The second kappa shape index (κ2) is 5.52. The van der Waals surface area contributed by atoms with Gasteiger partial charge in [-0.05, 0) is 18.2 Å². The van der Waals surface area contributed by atoms with E-state index < -0.39 is 28.4 Å². The minimum Gasteiger partial charge on any atom is -0.289 e. The van der Waals surface area contributed by atoms with Gasteiger partial charge in [0.1, 0.15) is 0 Å². The Morgan fingerprint density at radius 3 is 2.40 bits per heavy atom. The highest BCUT2D eigenvalue weighted by atomic mass is 19.3. The van der Waals surface area contributed by atoms with Crippen molar-refractivity contribution in [2.45, 2.75) is 6.43 Å². The van der Waals surface area contributed by atoms with Crippen LogP contribution in [0.3, 0.4) is 0 Å². The molecule has 0 spiro atoms. The van der Waals surface area contributed by atoms with E-state index in [1.54, 1.807) is 0 Å². The first-order chi connectivity index (χ1) is 9.50. The molecule has 0 aliphatic carbocycles. The molecular formula is C13H8F2N2O3. The van der Waals surface area contributed by atoms with Gasteiger partial charge in [-0.25, -0.2) is 8.78 Å². The standard InChI is InChI=1S/C13H8F2N2O3/c14-13(15)11-7-9(17(19)20)1-2-10(11)12(18)8-3-5-16-6-4-8/h1-7,13H. The van der Waals surface area contributed by atoms with E-state index in [-0.39, 0.29) is 11.1 Å². The van der Waals surface area contributed by atoms with Gasteiger partial charge in [-0.3, -0.25) is 19.9 Å². The maximum atomic E-state index is 13.0. The number of carbonyl (C=O) groups excluding carboxylic acids is 1. The van der Waals surface area contributed by atoms with Gasteiger partial charge in [0.25, 0.3) is 12.1 Å². The molecule has 7 heteroatoms. The number of ketones is 1. The highest BCUT2D eigenvalue weighted by Crippen LogP contribution is 2.28. The normalized spacial score (nSPS) is 10.6. The predicted molar refractivity (Wildman–Crippen MR) is 65.7 cm³/mol. The predicted octanol–water partition coefficient (Wildman–Crippen LogP) is 3.16. The molecule has 1 aromatic carbocycles. The molecule has 0 radical (unpaired) electrons. The summed E-state index contributed by atoms with van der Waals surface area (Å²) in [5, 5.41) is 10.6. The lowest BCUT2D eigenvalue weighted by atomic mass is 9.98. The monoisotopic (exact) mass is 278 g/mol. The van der Waals surface area contributed by atoms with Crippen LogP contribution in [0.15, 0.2) is 42.7 Å². The fraction of sp³-hybridized carbons (Fsp3) is 0.0769. The Bertz CT molecular complexity index is 660. The van der Waals surface area contributed by atoms with E-state index in [4.69, 9.17) is 0 Å². The number of nitrogens with zero attached hydrogens (tertiary/aromatic N) is 2. The summed E-state index contributed by atoms with van der Waals surface area (Å²) in [5.74, 6) is -0.627. The van der Waals surface area contributed by atoms with Gasteiger partial charge in [-0.15, -0.1) is 0 Å². The molecule has 1 heterocycles. The number of alkyl halides is 2. The van der Waals surface area contributed by atoms with Crippen molar-refractivity contribution >= 4 is 11.5 Å². The van der Waals surface area contributed by atoms with Gasteiger partial charge in [0.05, 0.1) is 4.92 Å². The summed E-state index contributed by atoms with van der Waals surface area (Å²) < 4.78 is 25.9. The summed E-state index contributed by atoms with van der Waals surface area (Å²) in [7, 11) is 0. The van der Waals surface area contributed by atoms with Gasteiger partial charge in [0, 0.05) is 41.2 Å². The van der Waals surface area contributed by atoms with Gasteiger partial charge in [-0.2, -0.15) is 0 Å². The number of aromatic nitrogens is 1. The van der Waals surface area contributed by atoms with Crippen LogP contribution in [0.1, 0.15) is 27.9 Å². The van der Waals surface area contributed by atoms with Gasteiger partial charge < -0.3 is 0 Å². The summed E-state index contributed by atoms with van der Waals surface area (Å²) in [6.45, 7) is 0. The van der Waals surface area contributed by atoms with Crippen LogP contribution in [0.4, 0.5) is 14.5 Å². The largest absolute Gasteiger partial charge is 0.289 e. The molecule has 0 fully saturated rings. The fourth-order valence-corrected chi connectivity index (χ4v) is 1.71. The summed E-state index contributed by atoms with van der Waals surface area (Å²) in [6.07, 6.45) is -0.253. The first-order valence-corrected chi connectivity index (χ1v) is 5.52. The zero-order chi connectivity index (χ0) is 14.7. The quantitative estimate of drug-likeness (QED) is 0.489. The lowest BCUT2D eigenvalue weighted by molar-refractivity contribution is -0.385. The van der Waals surface area contributed by atoms with Crippen LogP contribution in [-0.4, -0.2) is 15.7 Å². The number of nitro groups is 1. The molecule has 0 saturated carbocycles. The Hall–Kier alpha value is -2.70. The maximum Gasteiger partial charge on any atom is 0.269 e. The Kier molecular flexibility index (Phi) is 3.79. The first kappa shape index (κ1) is 13.7. The molecule has 0 atom stereocenters. The molecule has 0 amide bonds. The molecular weight excluding hydrogens is 270 g/mol. The number of nitro benzene ring substituents is 1. The van der Waals surface area contributed by atoms with Crippen molar-refractivity contribution in [3.05, 3.63) is 69.5 Å². The Labute approximate surface area is 112 Å². The van der Waals surface area contributed by atoms with Crippen LogP contribution in [0.25, 0.3) is 0 Å². The third kappa shape index (κ3) is 2.66. The molecule has 0 aliphatic heterocycles. The molecule has 2 rings (SSSR count). The smallest absolute Gasteiger partial charge is 0.269 e. The molecule has 2 aromatic rings. The van der Waals surface area contributed by atoms with Crippen molar-refractivity contribution in [2.24, 2.45) is 0 Å². The third-order valence-electron chi connectivity index (χ3n) is 2.67. The third-order valence-corrected chi connectivity index (χ3v) is 2.67. The summed E-state index contributed by atoms with van der Waals surface area (Å²) in [6, 6.07) is 5.57. The van der Waals surface area contributed by atoms with Gasteiger partial charge in [0.2, 0.25) is 0 Å². The SMILES string of the molecule is O=C(c1ccncc1)c1ccc([N+](=O)[O-])cc1C(F)F. The average molecular weight is 278 g/mol. The minimum atomic E-state index is -2.98. The molecule has 20 heavy (non-hydrogen) atoms. The number of hydrogen-bond donors (Lipinski definition) is 0. The van der Waals surface area contributed by atoms with Crippen LogP contribution < -0.4 is 0 Å². The molecule has 0 unspecified atom stereocenters. The zero-order valence-electron chi connectivity index (χ0n) is 9.99. The number of benzene rings is 1. The van der Waals surface area contributed by atoms with Gasteiger partial charge >= 0.3 is 0 Å². The molecule has 0 saturated heterocycles. The molecule has 0 bridgehead atoms. The number of carbonyl (C=O) groups is 1. The van der Waals surface area contributed by atoms with Crippen LogP contribution in [-0.2, 0) is 0 Å². The lowest BCUT2D eigenvalue weighted by Gasteiger charge is -2.07. The number of halogens is 2. The van der Waals surface area contributed by atoms with Crippen molar-refractivity contribution in [2.75, 3.05) is 0 Å². The van der Waals surface area contributed by atoms with Crippen molar-refractivity contribution in [3.8, 4) is 0 Å². The number of non-ortho nitro benzene ring substituents is 1. The summed E-state index contributed by atoms with van der Waals surface area (Å²) in [5.41, 5.74) is -1.19. The van der Waals surface area contributed by atoms with E-state index in [0.717, 1.165) is 18.2 Å². The second-order valence-electron chi connectivity index (χ2n) is 3.89. The van der Waals surface area contributed by atoms with E-state index in [1.807, 2.05) is 0 Å². The Morgan fingerprint density at radius 2 is 1.85 bits per heavy atom. The van der Waals surface area contributed by atoms with E-state index in [2.05, 4.69) is 4.98 Å². The lowest BCUT2D eigenvalue weighted by Crippen LogP contribution is -2.06. The van der Waals surface area contributed by atoms with Crippen LogP contribution in [0.5, 0.6) is 0 Å². The van der Waals surface area contributed by atoms with Crippen LogP contribution in [0, 0.1) is 10.1 Å². The second-order valence-corrected chi connectivity index (χ2v) is 3.89. The number of hydrogen-bond acceptors (Lipinski definition) is 4. The highest BCUT2D eigenvalue weighted by Gasteiger charge is 2.22. The topological polar surface area (TPSA) is 73.1 Å². The minimum absolute atomic E-state index is 0.191. The van der Waals surface area contributed by atoms with Crippen molar-refractivity contribution in [1.29, 1.82) is 0 Å². The molecule has 102 valence electrons. The Morgan fingerprint density at radius 1 is 1.20 bits per heavy atom. The first-order valence-electron chi connectivity index (χ1n) is 5.52. The average Bonchev–Trinajstić information content (AvgIpc) is 2.46. The van der Waals surface area contributed by atoms with E-state index in [0.29, 0.717) is 0 Å². The van der Waals surface area contributed by atoms with Crippen LogP contribution in [0.2, 0.25) is 0 Å². The number of pyridine rings is 1. The summed E-state index contributed by atoms with van der Waals surface area (Å²) in [4.78, 5) is 25.7. The maximum absolute atomic E-state index is 13.0. The molecule has 1 aromatic heterocycles. The van der Waals surface area contributed by atoms with E-state index in [9.17, 15) is 23.7 Å². The Balaban J connectivity index is 2.51. The molecule has 5 nitrogen and oxygen atoms in total. The van der Waals surface area contributed by atoms with Crippen molar-refractivity contribution in [1.82, 2.24) is 4.98 Å². The molecule has 0 aliphatic rings. The van der Waals surface area contributed by atoms with E-state index >= 15 is 0 Å². The molecule has 0 N–H and O–H groups in total. The van der Waals surface area contributed by atoms with Gasteiger partial charge in [0.15, 0.2) is 5.78 Å². The van der Waals surface area contributed by atoms with Gasteiger partial charge in [-0.1, -0.05) is 0 Å². The summed E-state index contributed by atoms with van der Waals surface area (Å²) >= 11 is 0. The van der Waals surface area contributed by atoms with E-state index in [1.165, 1.54) is 24.5 Å². The fourth-order valence-electron chi connectivity index (χ4n) is 1.71. The number of rotatable bonds is 4. The highest BCUT2D eigenvalue weighted by molar-refractivity contribution is 6.10.